The molecule has 0 saturated carbocycles. The Balaban J connectivity index is 1.62. The van der Waals surface area contributed by atoms with Gasteiger partial charge in [0.2, 0.25) is 0 Å². The summed E-state index contributed by atoms with van der Waals surface area (Å²) in [5.41, 5.74) is 3.05. The van der Waals surface area contributed by atoms with Gasteiger partial charge in [-0.15, -0.1) is 6.42 Å². The molecule has 0 atom stereocenters. The number of hydrogen-bond acceptors (Lipinski definition) is 4. The van der Waals surface area contributed by atoms with Crippen LogP contribution in [-0.4, -0.2) is 30.5 Å². The number of benzene rings is 1. The molecule has 3 rings (SSSR count). The Kier molecular flexibility index (Phi) is 6.10. The number of carbonyl (C=O) groups is 1. The van der Waals surface area contributed by atoms with Gasteiger partial charge in [-0.05, 0) is 43.0 Å². The zero-order valence-corrected chi connectivity index (χ0v) is 14.9. The molecule has 1 saturated heterocycles. The molecule has 1 fully saturated rings. The second kappa shape index (κ2) is 8.91. The number of aromatic nitrogens is 1. The Bertz CT molecular complexity index is 773. The van der Waals surface area contributed by atoms with Gasteiger partial charge in [-0.2, -0.15) is 0 Å². The van der Waals surface area contributed by atoms with Crippen molar-refractivity contribution in [2.45, 2.75) is 25.8 Å². The number of piperidine rings is 1. The minimum atomic E-state index is -0.211. The lowest BCUT2D eigenvalue weighted by Gasteiger charge is -2.30. The molecular weight excluding hydrogens is 324 g/mol. The lowest BCUT2D eigenvalue weighted by Crippen LogP contribution is -2.30. The Morgan fingerprint density at radius 2 is 1.96 bits per heavy atom. The molecule has 1 amide bonds. The number of terminal acetylenes is 1. The van der Waals surface area contributed by atoms with Crippen molar-refractivity contribution >= 4 is 17.4 Å². The first kappa shape index (κ1) is 17.8. The topological polar surface area (TPSA) is 57.3 Å². The lowest BCUT2D eigenvalue weighted by molar-refractivity contribution is 0.0958. The summed E-state index contributed by atoms with van der Waals surface area (Å²) in [6.45, 7) is 3.15. The summed E-state index contributed by atoms with van der Waals surface area (Å²) in [6, 6.07) is 12.1. The van der Waals surface area contributed by atoms with Crippen molar-refractivity contribution in [2.24, 2.45) is 0 Å². The van der Waals surface area contributed by atoms with Crippen molar-refractivity contribution in [3.05, 3.63) is 53.7 Å². The van der Waals surface area contributed by atoms with Crippen LogP contribution in [0.5, 0.6) is 0 Å². The fourth-order valence-corrected chi connectivity index (χ4v) is 3.16. The molecule has 1 aliphatic rings. The number of hydrogen-bond donors (Lipinski definition) is 2. The number of rotatable bonds is 6. The van der Waals surface area contributed by atoms with Crippen LogP contribution < -0.4 is 15.5 Å². The maximum Gasteiger partial charge on any atom is 0.253 e. The highest BCUT2D eigenvalue weighted by atomic mass is 16.1. The van der Waals surface area contributed by atoms with Gasteiger partial charge in [0.05, 0.1) is 12.1 Å². The largest absolute Gasteiger partial charge is 0.371 e. The van der Waals surface area contributed by atoms with Crippen LogP contribution in [0.1, 0.15) is 35.2 Å². The van der Waals surface area contributed by atoms with E-state index in [2.05, 4.69) is 50.7 Å². The lowest BCUT2D eigenvalue weighted by atomic mass is 10.1. The Labute approximate surface area is 154 Å². The van der Waals surface area contributed by atoms with E-state index in [4.69, 9.17) is 6.42 Å². The third kappa shape index (κ3) is 4.54. The van der Waals surface area contributed by atoms with Crippen molar-refractivity contribution in [2.75, 3.05) is 29.9 Å². The van der Waals surface area contributed by atoms with E-state index in [1.54, 1.807) is 12.3 Å². The summed E-state index contributed by atoms with van der Waals surface area (Å²) < 4.78 is 0. The summed E-state index contributed by atoms with van der Waals surface area (Å²) in [4.78, 5) is 18.6. The summed E-state index contributed by atoms with van der Waals surface area (Å²) in [7, 11) is 0. The molecule has 0 spiro atoms. The van der Waals surface area contributed by atoms with Crippen LogP contribution in [0.4, 0.5) is 11.5 Å². The molecule has 0 unspecified atom stereocenters. The van der Waals surface area contributed by atoms with Gasteiger partial charge in [0, 0.05) is 31.5 Å². The van der Waals surface area contributed by atoms with Crippen LogP contribution in [0.25, 0.3) is 0 Å². The molecule has 5 heteroatoms. The molecule has 0 aliphatic carbocycles. The fourth-order valence-electron chi connectivity index (χ4n) is 3.16. The molecule has 0 bridgehead atoms. The number of carbonyl (C=O) groups excluding carboxylic acids is 1. The van der Waals surface area contributed by atoms with Gasteiger partial charge in [0.15, 0.2) is 0 Å². The Morgan fingerprint density at radius 3 is 2.69 bits per heavy atom. The minimum absolute atomic E-state index is 0.211. The summed E-state index contributed by atoms with van der Waals surface area (Å²) >= 11 is 0. The normalized spacial score (nSPS) is 13.7. The van der Waals surface area contributed by atoms with Gasteiger partial charge in [-0.25, -0.2) is 4.98 Å². The number of pyridine rings is 1. The van der Waals surface area contributed by atoms with E-state index in [0.717, 1.165) is 18.9 Å². The molecule has 134 valence electrons. The van der Waals surface area contributed by atoms with Crippen LogP contribution in [-0.2, 0) is 6.54 Å². The predicted molar refractivity (Wildman–Crippen MR) is 105 cm³/mol. The van der Waals surface area contributed by atoms with E-state index < -0.39 is 0 Å². The highest BCUT2D eigenvalue weighted by Crippen LogP contribution is 2.24. The van der Waals surface area contributed by atoms with E-state index in [1.165, 1.54) is 30.5 Å². The second-order valence-electron chi connectivity index (χ2n) is 6.35. The van der Waals surface area contributed by atoms with Crippen LogP contribution >= 0.6 is 0 Å². The summed E-state index contributed by atoms with van der Waals surface area (Å²) in [6.07, 6.45) is 10.5. The molecule has 1 aromatic carbocycles. The minimum Gasteiger partial charge on any atom is -0.371 e. The molecular formula is C21H24N4O. The zero-order valence-electron chi connectivity index (χ0n) is 14.9. The first-order chi connectivity index (χ1) is 12.8. The monoisotopic (exact) mass is 348 g/mol. The molecule has 0 radical (unpaired) electrons. The first-order valence-corrected chi connectivity index (χ1v) is 9.02. The van der Waals surface area contributed by atoms with Gasteiger partial charge in [-0.3, -0.25) is 4.79 Å². The summed E-state index contributed by atoms with van der Waals surface area (Å²) in [5.74, 6) is 2.91. The highest BCUT2D eigenvalue weighted by molar-refractivity contribution is 5.94. The third-order valence-corrected chi connectivity index (χ3v) is 4.53. The molecule has 5 nitrogen and oxygen atoms in total. The maximum atomic E-state index is 11.8. The van der Waals surface area contributed by atoms with E-state index in [1.807, 2.05) is 6.07 Å². The number of nitrogens with zero attached hydrogens (tertiary/aromatic N) is 2. The van der Waals surface area contributed by atoms with Gasteiger partial charge in [0.1, 0.15) is 5.82 Å². The van der Waals surface area contributed by atoms with Gasteiger partial charge < -0.3 is 15.5 Å². The zero-order chi connectivity index (χ0) is 18.2. The average Bonchev–Trinajstić information content (AvgIpc) is 2.71. The molecule has 2 heterocycles. The van der Waals surface area contributed by atoms with E-state index in [0.29, 0.717) is 12.1 Å². The second-order valence-corrected chi connectivity index (χ2v) is 6.35. The highest BCUT2D eigenvalue weighted by Gasteiger charge is 2.14. The van der Waals surface area contributed by atoms with Crippen LogP contribution in [0, 0.1) is 12.3 Å². The van der Waals surface area contributed by atoms with Crippen molar-refractivity contribution in [1.29, 1.82) is 0 Å². The Morgan fingerprint density at radius 1 is 1.15 bits per heavy atom. The Hall–Kier alpha value is -3.00. The SMILES string of the molecule is C#CCNC(=O)c1ccc(NCc2ccccc2N2CCCCC2)nc1. The fraction of sp³-hybridized carbons (Fsp3) is 0.333. The first-order valence-electron chi connectivity index (χ1n) is 9.02. The maximum absolute atomic E-state index is 11.8. The number of anilines is 2. The molecule has 1 aromatic heterocycles. The van der Waals surface area contributed by atoms with Gasteiger partial charge in [0.25, 0.3) is 5.91 Å². The smallest absolute Gasteiger partial charge is 0.253 e. The van der Waals surface area contributed by atoms with Crippen molar-refractivity contribution < 1.29 is 4.79 Å². The average molecular weight is 348 g/mol. The number of para-hydroxylation sites is 1. The van der Waals surface area contributed by atoms with Crippen molar-refractivity contribution in [3.63, 3.8) is 0 Å². The molecule has 1 aliphatic heterocycles. The standard InChI is InChI=1S/C21H24N4O/c1-2-12-22-21(26)18-10-11-20(24-16-18)23-15-17-8-4-5-9-19(17)25-13-6-3-7-14-25/h1,4-5,8-11,16H,3,6-7,12-15H2,(H,22,26)(H,23,24). The quantitative estimate of drug-likeness (QED) is 0.788. The molecule has 26 heavy (non-hydrogen) atoms. The molecule has 2 aromatic rings. The molecule has 2 N–H and O–H groups in total. The van der Waals surface area contributed by atoms with Crippen molar-refractivity contribution in [3.8, 4) is 12.3 Å². The van der Waals surface area contributed by atoms with Crippen LogP contribution in [0.15, 0.2) is 42.6 Å². The van der Waals surface area contributed by atoms with Crippen LogP contribution in [0.3, 0.4) is 0 Å². The third-order valence-electron chi connectivity index (χ3n) is 4.53. The number of nitrogens with one attached hydrogen (secondary N) is 2. The summed E-state index contributed by atoms with van der Waals surface area (Å²) in [5, 5.41) is 5.98. The number of amides is 1. The van der Waals surface area contributed by atoms with Crippen LogP contribution in [0.2, 0.25) is 0 Å². The van der Waals surface area contributed by atoms with Gasteiger partial charge >= 0.3 is 0 Å². The van der Waals surface area contributed by atoms with Gasteiger partial charge in [-0.1, -0.05) is 24.1 Å². The van der Waals surface area contributed by atoms with E-state index in [9.17, 15) is 4.79 Å². The van der Waals surface area contributed by atoms with E-state index in [-0.39, 0.29) is 12.5 Å². The van der Waals surface area contributed by atoms with Crippen molar-refractivity contribution in [1.82, 2.24) is 10.3 Å². The van der Waals surface area contributed by atoms with E-state index >= 15 is 0 Å². The predicted octanol–water partition coefficient (Wildman–Crippen LogP) is 3.05.